The zero-order valence-corrected chi connectivity index (χ0v) is 17.6. The minimum absolute atomic E-state index is 0.0880. The number of sulfonamides is 1. The molecular weight excluding hydrogens is 405 g/mol. The van der Waals surface area contributed by atoms with Crippen molar-refractivity contribution in [2.24, 2.45) is 10.9 Å². The van der Waals surface area contributed by atoms with E-state index in [9.17, 15) is 21.6 Å². The lowest BCUT2D eigenvalue weighted by Crippen LogP contribution is -2.47. The maximum absolute atomic E-state index is 12.7. The lowest BCUT2D eigenvalue weighted by atomic mass is 9.98. The zero-order chi connectivity index (χ0) is 21.5. The second kappa shape index (κ2) is 10.3. The molecule has 1 unspecified atom stereocenters. The number of guanidine groups is 1. The fourth-order valence-electron chi connectivity index (χ4n) is 3.20. The van der Waals surface area contributed by atoms with Crippen LogP contribution in [0.3, 0.4) is 0 Å². The van der Waals surface area contributed by atoms with Crippen LogP contribution in [0.15, 0.2) is 35.3 Å². The molecule has 164 valence electrons. The van der Waals surface area contributed by atoms with Crippen molar-refractivity contribution in [2.45, 2.75) is 38.1 Å². The molecule has 29 heavy (non-hydrogen) atoms. The van der Waals surface area contributed by atoms with Gasteiger partial charge in [0.25, 0.3) is 0 Å². The van der Waals surface area contributed by atoms with Gasteiger partial charge >= 0.3 is 15.5 Å². The fourth-order valence-corrected chi connectivity index (χ4v) is 4.18. The van der Waals surface area contributed by atoms with Gasteiger partial charge in [-0.15, -0.1) is 0 Å². The standard InChI is InChI=1S/C19H29F3N4O2S/c1-3-23-18(24-13-15(2)17-7-5-4-6-8-17)25-14-16-9-11-26(12-10-16)29(27,28)19(20,21)22/h4-8,15-16H,3,9-14H2,1-2H3,(H2,23,24,25). The van der Waals surface area contributed by atoms with Crippen LogP contribution in [-0.4, -0.2) is 56.9 Å². The zero-order valence-electron chi connectivity index (χ0n) is 16.7. The molecule has 1 aliphatic heterocycles. The van der Waals surface area contributed by atoms with Gasteiger partial charge in [0.2, 0.25) is 0 Å². The number of aliphatic imine (C=N–C) groups is 1. The van der Waals surface area contributed by atoms with Crippen LogP contribution in [0.2, 0.25) is 0 Å². The van der Waals surface area contributed by atoms with Gasteiger partial charge in [-0.1, -0.05) is 37.3 Å². The summed E-state index contributed by atoms with van der Waals surface area (Å²) in [7, 11) is -5.23. The number of rotatable bonds is 7. The lowest BCUT2D eigenvalue weighted by molar-refractivity contribution is -0.0496. The van der Waals surface area contributed by atoms with Gasteiger partial charge in [0.15, 0.2) is 5.96 Å². The first kappa shape index (κ1) is 23.5. The number of hydrogen-bond acceptors (Lipinski definition) is 3. The third kappa shape index (κ3) is 6.60. The first-order chi connectivity index (χ1) is 13.6. The molecule has 0 amide bonds. The Kier molecular flexibility index (Phi) is 8.33. The molecule has 2 rings (SSSR count). The second-order valence-electron chi connectivity index (χ2n) is 7.21. The molecule has 0 saturated carbocycles. The van der Waals surface area contributed by atoms with Gasteiger partial charge in [-0.3, -0.25) is 4.99 Å². The van der Waals surface area contributed by atoms with E-state index in [2.05, 4.69) is 34.7 Å². The van der Waals surface area contributed by atoms with E-state index in [1.54, 1.807) is 0 Å². The maximum Gasteiger partial charge on any atom is 0.511 e. The lowest BCUT2D eigenvalue weighted by Gasteiger charge is -2.31. The van der Waals surface area contributed by atoms with Crippen LogP contribution in [0.5, 0.6) is 0 Å². The molecular formula is C19H29F3N4O2S. The first-order valence-corrected chi connectivity index (χ1v) is 11.2. The van der Waals surface area contributed by atoms with Crippen LogP contribution in [0, 0.1) is 5.92 Å². The molecule has 0 aliphatic carbocycles. The SMILES string of the molecule is CCNC(=NCC(C)c1ccccc1)NCC1CCN(S(=O)(=O)C(F)(F)F)CC1. The van der Waals surface area contributed by atoms with Crippen molar-refractivity contribution < 1.29 is 21.6 Å². The second-order valence-corrected chi connectivity index (χ2v) is 9.13. The van der Waals surface area contributed by atoms with Gasteiger partial charge in [0, 0.05) is 38.6 Å². The van der Waals surface area contributed by atoms with Gasteiger partial charge in [-0.25, -0.2) is 8.42 Å². The number of alkyl halides is 3. The molecule has 1 aromatic carbocycles. The van der Waals surface area contributed by atoms with Crippen LogP contribution in [-0.2, 0) is 10.0 Å². The Labute approximate surface area is 170 Å². The topological polar surface area (TPSA) is 73.8 Å². The van der Waals surface area contributed by atoms with Crippen molar-refractivity contribution in [3.05, 3.63) is 35.9 Å². The van der Waals surface area contributed by atoms with E-state index in [0.717, 1.165) is 0 Å². The normalized spacial score (nSPS) is 18.4. The summed E-state index contributed by atoms with van der Waals surface area (Å²) in [5, 5.41) is 6.40. The highest BCUT2D eigenvalue weighted by atomic mass is 32.2. The Hall–Kier alpha value is -1.81. The quantitative estimate of drug-likeness (QED) is 0.511. The monoisotopic (exact) mass is 434 g/mol. The minimum atomic E-state index is -5.24. The van der Waals surface area contributed by atoms with Crippen molar-refractivity contribution in [3.8, 4) is 0 Å². The number of halogens is 3. The molecule has 1 atom stereocenters. The predicted octanol–water partition coefficient (Wildman–Crippen LogP) is 2.91. The van der Waals surface area contributed by atoms with E-state index >= 15 is 0 Å². The summed E-state index contributed by atoms with van der Waals surface area (Å²) in [6.45, 7) is 5.64. The predicted molar refractivity (Wildman–Crippen MR) is 108 cm³/mol. The number of nitrogens with zero attached hydrogens (tertiary/aromatic N) is 2. The van der Waals surface area contributed by atoms with Gasteiger partial charge in [0.1, 0.15) is 0 Å². The summed E-state index contributed by atoms with van der Waals surface area (Å²) in [5.74, 6) is 0.994. The molecule has 0 radical (unpaired) electrons. The van der Waals surface area contributed by atoms with Crippen LogP contribution in [0.4, 0.5) is 13.2 Å². The molecule has 2 N–H and O–H groups in total. The largest absolute Gasteiger partial charge is 0.511 e. The Bertz CT molecular complexity index is 761. The van der Waals surface area contributed by atoms with Crippen LogP contribution in [0.25, 0.3) is 0 Å². The smallest absolute Gasteiger partial charge is 0.357 e. The van der Waals surface area contributed by atoms with E-state index in [0.29, 0.717) is 42.7 Å². The highest BCUT2D eigenvalue weighted by molar-refractivity contribution is 7.90. The average molecular weight is 435 g/mol. The number of piperidine rings is 1. The maximum atomic E-state index is 12.7. The highest BCUT2D eigenvalue weighted by Gasteiger charge is 2.50. The Balaban J connectivity index is 1.85. The van der Waals surface area contributed by atoms with Gasteiger partial charge < -0.3 is 10.6 Å². The number of hydrogen-bond donors (Lipinski definition) is 2. The summed E-state index contributed by atoms with van der Waals surface area (Å²) in [5.41, 5.74) is -4.04. The average Bonchev–Trinajstić information content (AvgIpc) is 2.70. The van der Waals surface area contributed by atoms with Crippen molar-refractivity contribution in [3.63, 3.8) is 0 Å². The molecule has 0 spiro atoms. The van der Waals surface area contributed by atoms with E-state index < -0.39 is 15.5 Å². The Morgan fingerprint density at radius 1 is 1.21 bits per heavy atom. The third-order valence-corrected chi connectivity index (χ3v) is 6.63. The fraction of sp³-hybridized carbons (Fsp3) is 0.632. The van der Waals surface area contributed by atoms with E-state index in [-0.39, 0.29) is 24.9 Å². The molecule has 1 aliphatic rings. The molecule has 1 fully saturated rings. The molecule has 1 heterocycles. The Morgan fingerprint density at radius 2 is 1.83 bits per heavy atom. The van der Waals surface area contributed by atoms with Crippen molar-refractivity contribution in [2.75, 3.05) is 32.7 Å². The van der Waals surface area contributed by atoms with Crippen molar-refractivity contribution >= 4 is 16.0 Å². The number of benzene rings is 1. The third-order valence-electron chi connectivity index (χ3n) is 5.00. The van der Waals surface area contributed by atoms with Crippen molar-refractivity contribution in [1.82, 2.24) is 14.9 Å². The van der Waals surface area contributed by atoms with Crippen LogP contribution in [0.1, 0.15) is 38.2 Å². The molecule has 1 aromatic rings. The summed E-state index contributed by atoms with van der Waals surface area (Å²) in [6, 6.07) is 10.1. The van der Waals surface area contributed by atoms with Crippen molar-refractivity contribution in [1.29, 1.82) is 0 Å². The number of nitrogens with one attached hydrogen (secondary N) is 2. The summed E-state index contributed by atoms with van der Waals surface area (Å²) in [4.78, 5) is 4.60. The molecule has 6 nitrogen and oxygen atoms in total. The first-order valence-electron chi connectivity index (χ1n) is 9.78. The Morgan fingerprint density at radius 3 is 2.38 bits per heavy atom. The molecule has 0 aromatic heterocycles. The van der Waals surface area contributed by atoms with Gasteiger partial charge in [-0.05, 0) is 31.2 Å². The molecule has 0 bridgehead atoms. The van der Waals surface area contributed by atoms with E-state index in [1.807, 2.05) is 25.1 Å². The summed E-state index contributed by atoms with van der Waals surface area (Å²) >= 11 is 0. The molecule has 10 heteroatoms. The molecule has 1 saturated heterocycles. The van der Waals surface area contributed by atoms with Gasteiger partial charge in [0.05, 0.1) is 0 Å². The van der Waals surface area contributed by atoms with Gasteiger partial charge in [-0.2, -0.15) is 17.5 Å². The highest BCUT2D eigenvalue weighted by Crippen LogP contribution is 2.30. The summed E-state index contributed by atoms with van der Waals surface area (Å²) < 4.78 is 61.5. The minimum Gasteiger partial charge on any atom is -0.357 e. The van der Waals surface area contributed by atoms with Crippen LogP contribution >= 0.6 is 0 Å². The van der Waals surface area contributed by atoms with E-state index in [4.69, 9.17) is 0 Å². The van der Waals surface area contributed by atoms with E-state index in [1.165, 1.54) is 5.56 Å². The summed E-state index contributed by atoms with van der Waals surface area (Å²) in [6.07, 6.45) is 0.754. The van der Waals surface area contributed by atoms with Crippen LogP contribution < -0.4 is 10.6 Å².